The molecule has 1 amide bonds. The third-order valence-electron chi connectivity index (χ3n) is 3.31. The minimum atomic E-state index is -0.915. The van der Waals surface area contributed by atoms with Gasteiger partial charge in [-0.1, -0.05) is 6.07 Å². The molecule has 18 heavy (non-hydrogen) atoms. The van der Waals surface area contributed by atoms with Crippen LogP contribution in [0, 0.1) is 17.6 Å². The lowest BCUT2D eigenvalue weighted by molar-refractivity contribution is -0.129. The molecule has 1 heterocycles. The van der Waals surface area contributed by atoms with Gasteiger partial charge in [-0.2, -0.15) is 0 Å². The molecule has 1 aliphatic heterocycles. The third kappa shape index (κ3) is 2.85. The number of carbonyl (C=O) groups is 1. The molecule has 0 bridgehead atoms. The van der Waals surface area contributed by atoms with E-state index in [0.29, 0.717) is 31.1 Å². The maximum absolute atomic E-state index is 13.0. The zero-order valence-corrected chi connectivity index (χ0v) is 10.0. The maximum Gasteiger partial charge on any atom is 0.227 e. The van der Waals surface area contributed by atoms with Crippen LogP contribution < -0.4 is 5.73 Å². The van der Waals surface area contributed by atoms with Crippen molar-refractivity contribution in [2.24, 2.45) is 11.7 Å². The molecule has 1 unspecified atom stereocenters. The van der Waals surface area contributed by atoms with Crippen LogP contribution in [0.5, 0.6) is 0 Å². The molecule has 1 saturated heterocycles. The van der Waals surface area contributed by atoms with Gasteiger partial charge in [0.05, 0.1) is 6.42 Å². The standard InChI is InChI=1S/C13H16F2N2O/c14-11-2-1-9(5-12(11)15)6-13(18)17-4-3-10(7-16)8-17/h1-2,5,10H,3-4,6-8,16H2. The summed E-state index contributed by atoms with van der Waals surface area (Å²) in [5.41, 5.74) is 6.05. The summed E-state index contributed by atoms with van der Waals surface area (Å²) >= 11 is 0. The molecule has 5 heteroatoms. The van der Waals surface area contributed by atoms with E-state index < -0.39 is 11.6 Å². The van der Waals surface area contributed by atoms with Gasteiger partial charge in [-0.3, -0.25) is 4.79 Å². The summed E-state index contributed by atoms with van der Waals surface area (Å²) in [6.45, 7) is 1.94. The lowest BCUT2D eigenvalue weighted by Gasteiger charge is -2.16. The normalized spacial score (nSPS) is 19.3. The SMILES string of the molecule is NCC1CCN(C(=O)Cc2ccc(F)c(F)c2)C1. The van der Waals surface area contributed by atoms with Gasteiger partial charge in [-0.05, 0) is 36.6 Å². The number of benzene rings is 1. The van der Waals surface area contributed by atoms with Gasteiger partial charge >= 0.3 is 0 Å². The highest BCUT2D eigenvalue weighted by atomic mass is 19.2. The maximum atomic E-state index is 13.0. The van der Waals surface area contributed by atoms with Gasteiger partial charge in [0.15, 0.2) is 11.6 Å². The van der Waals surface area contributed by atoms with Crippen LogP contribution in [0.1, 0.15) is 12.0 Å². The second kappa shape index (κ2) is 5.44. The molecular weight excluding hydrogens is 238 g/mol. The van der Waals surface area contributed by atoms with E-state index in [9.17, 15) is 13.6 Å². The van der Waals surface area contributed by atoms with E-state index in [-0.39, 0.29) is 12.3 Å². The summed E-state index contributed by atoms with van der Waals surface area (Å²) < 4.78 is 25.8. The predicted molar refractivity (Wildman–Crippen MR) is 63.8 cm³/mol. The Morgan fingerprint density at radius 1 is 1.39 bits per heavy atom. The van der Waals surface area contributed by atoms with E-state index in [1.807, 2.05) is 0 Å². The minimum absolute atomic E-state index is 0.0584. The van der Waals surface area contributed by atoms with Gasteiger partial charge in [0, 0.05) is 13.1 Å². The Kier molecular flexibility index (Phi) is 3.91. The van der Waals surface area contributed by atoms with Gasteiger partial charge in [-0.25, -0.2) is 8.78 Å². The summed E-state index contributed by atoms with van der Waals surface area (Å²) in [4.78, 5) is 13.7. The molecule has 3 nitrogen and oxygen atoms in total. The van der Waals surface area contributed by atoms with Crippen molar-refractivity contribution in [2.75, 3.05) is 19.6 Å². The molecule has 0 saturated carbocycles. The minimum Gasteiger partial charge on any atom is -0.342 e. The predicted octanol–water partition coefficient (Wildman–Crippen LogP) is 1.31. The topological polar surface area (TPSA) is 46.3 Å². The van der Waals surface area contributed by atoms with Gasteiger partial charge in [0.2, 0.25) is 5.91 Å². The molecule has 1 atom stereocenters. The van der Waals surface area contributed by atoms with Crippen molar-refractivity contribution in [3.05, 3.63) is 35.4 Å². The van der Waals surface area contributed by atoms with Gasteiger partial charge in [-0.15, -0.1) is 0 Å². The first-order chi connectivity index (χ1) is 8.60. The second-order valence-corrected chi connectivity index (χ2v) is 4.66. The van der Waals surface area contributed by atoms with Crippen LogP contribution in [0.4, 0.5) is 8.78 Å². The number of rotatable bonds is 3. The highest BCUT2D eigenvalue weighted by molar-refractivity contribution is 5.79. The summed E-state index contributed by atoms with van der Waals surface area (Å²) in [7, 11) is 0. The van der Waals surface area contributed by atoms with Gasteiger partial charge in [0.1, 0.15) is 0 Å². The molecule has 1 aromatic carbocycles. The molecule has 2 rings (SSSR count). The van der Waals surface area contributed by atoms with Crippen molar-refractivity contribution >= 4 is 5.91 Å². The van der Waals surface area contributed by atoms with Crippen LogP contribution in [0.3, 0.4) is 0 Å². The number of likely N-dealkylation sites (tertiary alicyclic amines) is 1. The largest absolute Gasteiger partial charge is 0.342 e. The molecule has 1 fully saturated rings. The quantitative estimate of drug-likeness (QED) is 0.884. The van der Waals surface area contributed by atoms with E-state index in [4.69, 9.17) is 5.73 Å². The molecule has 0 aromatic heterocycles. The summed E-state index contributed by atoms with van der Waals surface area (Å²) in [5.74, 6) is -1.51. The Hall–Kier alpha value is -1.49. The molecule has 1 aromatic rings. The average Bonchev–Trinajstić information content (AvgIpc) is 2.82. The second-order valence-electron chi connectivity index (χ2n) is 4.66. The number of nitrogens with zero attached hydrogens (tertiary/aromatic N) is 1. The first kappa shape index (κ1) is 13.0. The number of carbonyl (C=O) groups excluding carboxylic acids is 1. The number of hydrogen-bond acceptors (Lipinski definition) is 2. The van der Waals surface area contributed by atoms with Crippen LogP contribution >= 0.6 is 0 Å². The summed E-state index contributed by atoms with van der Waals surface area (Å²) in [6, 6.07) is 3.56. The zero-order valence-electron chi connectivity index (χ0n) is 10.0. The smallest absolute Gasteiger partial charge is 0.227 e. The first-order valence-electron chi connectivity index (χ1n) is 6.02. The van der Waals surface area contributed by atoms with Crippen LogP contribution in [-0.4, -0.2) is 30.4 Å². The fourth-order valence-electron chi connectivity index (χ4n) is 2.19. The Morgan fingerprint density at radius 2 is 2.17 bits per heavy atom. The summed E-state index contributed by atoms with van der Waals surface area (Å²) in [5, 5.41) is 0. The molecule has 1 aliphatic rings. The monoisotopic (exact) mass is 254 g/mol. The Balaban J connectivity index is 1.97. The third-order valence-corrected chi connectivity index (χ3v) is 3.31. The number of nitrogens with two attached hydrogens (primary N) is 1. The molecule has 0 radical (unpaired) electrons. The van der Waals surface area contributed by atoms with Gasteiger partial charge in [0.25, 0.3) is 0 Å². The number of amides is 1. The van der Waals surface area contributed by atoms with Gasteiger partial charge < -0.3 is 10.6 Å². The van der Waals surface area contributed by atoms with Crippen molar-refractivity contribution in [2.45, 2.75) is 12.8 Å². The number of hydrogen-bond donors (Lipinski definition) is 1. The molecule has 0 aliphatic carbocycles. The fraction of sp³-hybridized carbons (Fsp3) is 0.462. The van der Waals surface area contributed by atoms with E-state index in [0.717, 1.165) is 18.6 Å². The number of halogens is 2. The van der Waals surface area contributed by atoms with Crippen molar-refractivity contribution in [1.29, 1.82) is 0 Å². The Morgan fingerprint density at radius 3 is 2.78 bits per heavy atom. The molecule has 98 valence electrons. The van der Waals surface area contributed by atoms with Crippen LogP contribution in [0.25, 0.3) is 0 Å². The first-order valence-corrected chi connectivity index (χ1v) is 6.02. The highest BCUT2D eigenvalue weighted by Crippen LogP contribution is 2.17. The lowest BCUT2D eigenvalue weighted by atomic mass is 10.1. The van der Waals surface area contributed by atoms with Crippen LogP contribution in [-0.2, 0) is 11.2 Å². The lowest BCUT2D eigenvalue weighted by Crippen LogP contribution is -2.31. The fourth-order valence-corrected chi connectivity index (χ4v) is 2.19. The van der Waals surface area contributed by atoms with E-state index in [1.165, 1.54) is 6.07 Å². The van der Waals surface area contributed by atoms with Crippen LogP contribution in [0.2, 0.25) is 0 Å². The highest BCUT2D eigenvalue weighted by Gasteiger charge is 2.25. The van der Waals surface area contributed by atoms with Crippen molar-refractivity contribution in [1.82, 2.24) is 4.90 Å². The van der Waals surface area contributed by atoms with E-state index in [2.05, 4.69) is 0 Å². The van der Waals surface area contributed by atoms with E-state index >= 15 is 0 Å². The van der Waals surface area contributed by atoms with Crippen LogP contribution in [0.15, 0.2) is 18.2 Å². The van der Waals surface area contributed by atoms with Crippen molar-refractivity contribution < 1.29 is 13.6 Å². The molecule has 0 spiro atoms. The van der Waals surface area contributed by atoms with Crippen molar-refractivity contribution in [3.63, 3.8) is 0 Å². The average molecular weight is 254 g/mol. The molecule has 2 N–H and O–H groups in total. The van der Waals surface area contributed by atoms with Crippen molar-refractivity contribution in [3.8, 4) is 0 Å². The van der Waals surface area contributed by atoms with E-state index in [1.54, 1.807) is 4.90 Å². The molecular formula is C13H16F2N2O. The zero-order chi connectivity index (χ0) is 13.1. The Labute approximate surface area is 105 Å². The Bertz CT molecular complexity index is 451. The summed E-state index contributed by atoms with van der Waals surface area (Å²) in [6.07, 6.45) is 1.02.